The molecule has 0 aliphatic rings. The number of carboxylic acid groups (broad SMARTS) is 1. The molecule has 134 valence electrons. The summed E-state index contributed by atoms with van der Waals surface area (Å²) in [7, 11) is 0. The maximum atomic E-state index is 10.5. The topological polar surface area (TPSA) is 99.0 Å². The molecule has 0 aliphatic heterocycles. The Labute approximate surface area is 146 Å². The molecule has 0 radical (unpaired) electrons. The first-order valence-electron chi connectivity index (χ1n) is 8.09. The third-order valence-electron chi connectivity index (χ3n) is 3.87. The van der Waals surface area contributed by atoms with E-state index in [9.17, 15) is 15.0 Å². The van der Waals surface area contributed by atoms with Crippen molar-refractivity contribution in [3.05, 3.63) is 59.7 Å². The average molecular weight is 345 g/mol. The van der Waals surface area contributed by atoms with Crippen LogP contribution in [0.1, 0.15) is 24.2 Å². The largest absolute Gasteiger partial charge is 0.508 e. The Morgan fingerprint density at radius 2 is 1.76 bits per heavy atom. The van der Waals surface area contributed by atoms with Crippen LogP contribution in [0.25, 0.3) is 0 Å². The van der Waals surface area contributed by atoms with Crippen LogP contribution in [0.2, 0.25) is 0 Å². The monoisotopic (exact) mass is 345 g/mol. The van der Waals surface area contributed by atoms with E-state index in [1.165, 1.54) is 0 Å². The van der Waals surface area contributed by atoms with E-state index in [2.05, 4.69) is 5.32 Å². The maximum absolute atomic E-state index is 10.5. The number of aliphatic carboxylic acids is 1. The normalized spacial score (nSPS) is 13.2. The van der Waals surface area contributed by atoms with E-state index in [4.69, 9.17) is 9.84 Å². The van der Waals surface area contributed by atoms with Crippen LogP contribution in [0.3, 0.4) is 0 Å². The van der Waals surface area contributed by atoms with Crippen LogP contribution in [0, 0.1) is 0 Å². The predicted molar refractivity (Wildman–Crippen MR) is 93.8 cm³/mol. The van der Waals surface area contributed by atoms with Gasteiger partial charge >= 0.3 is 5.97 Å². The zero-order valence-corrected chi connectivity index (χ0v) is 14.1. The van der Waals surface area contributed by atoms with Crippen molar-refractivity contribution in [2.75, 3.05) is 13.2 Å². The highest BCUT2D eigenvalue weighted by Crippen LogP contribution is 2.19. The highest BCUT2D eigenvalue weighted by atomic mass is 16.5. The molecule has 0 saturated carbocycles. The fraction of sp³-hybridized carbons (Fsp3) is 0.316. The first kappa shape index (κ1) is 18.8. The molecule has 0 aromatic heterocycles. The summed E-state index contributed by atoms with van der Waals surface area (Å²) in [6.45, 7) is 2.24. The van der Waals surface area contributed by atoms with Crippen LogP contribution in [0.5, 0.6) is 11.5 Å². The number of phenols is 1. The lowest BCUT2D eigenvalue weighted by Crippen LogP contribution is -2.33. The van der Waals surface area contributed by atoms with Gasteiger partial charge in [0, 0.05) is 6.04 Å². The van der Waals surface area contributed by atoms with E-state index >= 15 is 0 Å². The van der Waals surface area contributed by atoms with Crippen molar-refractivity contribution in [3.63, 3.8) is 0 Å². The van der Waals surface area contributed by atoms with Crippen molar-refractivity contribution in [1.29, 1.82) is 0 Å². The molecule has 0 heterocycles. The van der Waals surface area contributed by atoms with Crippen molar-refractivity contribution < 1.29 is 24.9 Å². The number of nitrogens with one attached hydrogen (secondary N) is 1. The van der Waals surface area contributed by atoms with Crippen LogP contribution in [0.15, 0.2) is 48.5 Å². The molecule has 25 heavy (non-hydrogen) atoms. The third-order valence-corrected chi connectivity index (χ3v) is 3.87. The summed E-state index contributed by atoms with van der Waals surface area (Å²) >= 11 is 0. The van der Waals surface area contributed by atoms with Gasteiger partial charge in [-0.3, -0.25) is 0 Å². The maximum Gasteiger partial charge on any atom is 0.341 e. The second kappa shape index (κ2) is 9.05. The number of carboxylic acids is 1. The standard InChI is InChI=1S/C19H23NO5/c1-13(19(24)15-4-6-16(21)7-5-15)20-11-10-14-2-8-17(9-3-14)25-12-18(22)23/h2-9,13,19-21,24H,10-12H2,1H3,(H,22,23)/t13-,19+/m0/s1. The molecule has 0 unspecified atom stereocenters. The van der Waals surface area contributed by atoms with E-state index in [-0.39, 0.29) is 18.4 Å². The molecule has 0 aliphatic carbocycles. The minimum Gasteiger partial charge on any atom is -0.508 e. The summed E-state index contributed by atoms with van der Waals surface area (Å²) in [5.41, 5.74) is 1.83. The summed E-state index contributed by atoms with van der Waals surface area (Å²) in [6.07, 6.45) is 0.110. The molecule has 2 atom stereocenters. The van der Waals surface area contributed by atoms with Gasteiger partial charge in [0.05, 0.1) is 6.10 Å². The Balaban J connectivity index is 1.77. The number of aromatic hydroxyl groups is 1. The van der Waals surface area contributed by atoms with Gasteiger partial charge in [0.15, 0.2) is 6.61 Å². The van der Waals surface area contributed by atoms with E-state index in [1.54, 1.807) is 36.4 Å². The molecule has 0 fully saturated rings. The summed E-state index contributed by atoms with van der Waals surface area (Å²) in [4.78, 5) is 10.5. The quantitative estimate of drug-likeness (QED) is 0.556. The number of carbonyl (C=O) groups is 1. The number of benzene rings is 2. The van der Waals surface area contributed by atoms with Crippen LogP contribution >= 0.6 is 0 Å². The lowest BCUT2D eigenvalue weighted by molar-refractivity contribution is -0.139. The van der Waals surface area contributed by atoms with Gasteiger partial charge in [0.1, 0.15) is 11.5 Å². The van der Waals surface area contributed by atoms with Crippen LogP contribution in [0.4, 0.5) is 0 Å². The second-order valence-electron chi connectivity index (χ2n) is 5.86. The third kappa shape index (κ3) is 6.10. The predicted octanol–water partition coefficient (Wildman–Crippen LogP) is 2.11. The summed E-state index contributed by atoms with van der Waals surface area (Å²) in [6, 6.07) is 13.6. The number of hydrogen-bond donors (Lipinski definition) is 4. The van der Waals surface area contributed by atoms with Gasteiger partial charge in [0.2, 0.25) is 0 Å². The number of hydrogen-bond acceptors (Lipinski definition) is 5. The lowest BCUT2D eigenvalue weighted by Gasteiger charge is -2.20. The van der Waals surface area contributed by atoms with Gasteiger partial charge in [-0.1, -0.05) is 24.3 Å². The molecule has 2 aromatic carbocycles. The molecular formula is C19H23NO5. The minimum absolute atomic E-state index is 0.136. The van der Waals surface area contributed by atoms with Crippen LogP contribution in [-0.2, 0) is 11.2 Å². The Kier molecular flexibility index (Phi) is 6.80. The van der Waals surface area contributed by atoms with Crippen molar-refractivity contribution >= 4 is 5.97 Å². The van der Waals surface area contributed by atoms with Gasteiger partial charge in [-0.05, 0) is 55.3 Å². The fourth-order valence-electron chi connectivity index (χ4n) is 2.41. The molecule has 2 rings (SSSR count). The Hall–Kier alpha value is -2.57. The molecule has 0 spiro atoms. The SMILES string of the molecule is C[C@H](NCCc1ccc(OCC(=O)O)cc1)[C@@H](O)c1ccc(O)cc1. The first-order chi connectivity index (χ1) is 12.0. The van der Waals surface area contributed by atoms with Crippen molar-refractivity contribution in [2.45, 2.75) is 25.5 Å². The molecular weight excluding hydrogens is 322 g/mol. The number of rotatable bonds is 9. The van der Waals surface area contributed by atoms with E-state index in [0.29, 0.717) is 12.3 Å². The minimum atomic E-state index is -1.01. The molecule has 6 heteroatoms. The number of phenolic OH excluding ortho intramolecular Hbond substituents is 1. The molecule has 4 N–H and O–H groups in total. The van der Waals surface area contributed by atoms with Crippen LogP contribution in [-0.4, -0.2) is 40.5 Å². The number of ether oxygens (including phenoxy) is 1. The van der Waals surface area contributed by atoms with E-state index in [1.807, 2.05) is 19.1 Å². The zero-order valence-electron chi connectivity index (χ0n) is 14.1. The Bertz CT molecular complexity index is 669. The van der Waals surface area contributed by atoms with Crippen LogP contribution < -0.4 is 10.1 Å². The van der Waals surface area contributed by atoms with Crippen molar-refractivity contribution in [3.8, 4) is 11.5 Å². The molecule has 6 nitrogen and oxygen atoms in total. The Morgan fingerprint density at radius 1 is 1.12 bits per heavy atom. The summed E-state index contributed by atoms with van der Waals surface area (Å²) in [5, 5.41) is 31.4. The summed E-state index contributed by atoms with van der Waals surface area (Å²) in [5.74, 6) is -0.308. The second-order valence-corrected chi connectivity index (χ2v) is 5.86. The number of aliphatic hydroxyl groups is 1. The van der Waals surface area contributed by atoms with Gasteiger partial charge < -0.3 is 25.4 Å². The highest BCUT2D eigenvalue weighted by Gasteiger charge is 2.15. The molecule has 0 saturated heterocycles. The summed E-state index contributed by atoms with van der Waals surface area (Å²) < 4.78 is 5.09. The zero-order chi connectivity index (χ0) is 18.2. The molecule has 2 aromatic rings. The van der Waals surface area contributed by atoms with Crippen molar-refractivity contribution in [2.24, 2.45) is 0 Å². The van der Waals surface area contributed by atoms with Gasteiger partial charge in [-0.15, -0.1) is 0 Å². The average Bonchev–Trinajstić information content (AvgIpc) is 2.61. The van der Waals surface area contributed by atoms with Gasteiger partial charge in [-0.2, -0.15) is 0 Å². The number of aliphatic hydroxyl groups excluding tert-OH is 1. The Morgan fingerprint density at radius 3 is 2.36 bits per heavy atom. The van der Waals surface area contributed by atoms with Gasteiger partial charge in [-0.25, -0.2) is 4.79 Å². The molecule has 0 amide bonds. The van der Waals surface area contributed by atoms with E-state index in [0.717, 1.165) is 17.5 Å². The van der Waals surface area contributed by atoms with E-state index < -0.39 is 12.1 Å². The molecule has 0 bridgehead atoms. The fourth-order valence-corrected chi connectivity index (χ4v) is 2.41. The van der Waals surface area contributed by atoms with Crippen molar-refractivity contribution in [1.82, 2.24) is 5.32 Å². The smallest absolute Gasteiger partial charge is 0.341 e. The van der Waals surface area contributed by atoms with Gasteiger partial charge in [0.25, 0.3) is 0 Å². The highest BCUT2D eigenvalue weighted by molar-refractivity contribution is 5.68. The lowest BCUT2D eigenvalue weighted by atomic mass is 10.0. The first-order valence-corrected chi connectivity index (χ1v) is 8.09.